The third-order valence-electron chi connectivity index (χ3n) is 4.68. The van der Waals surface area contributed by atoms with Gasteiger partial charge in [-0.15, -0.1) is 0 Å². The van der Waals surface area contributed by atoms with Gasteiger partial charge in [-0.1, -0.05) is 23.4 Å². The Morgan fingerprint density at radius 2 is 2.04 bits per heavy atom. The summed E-state index contributed by atoms with van der Waals surface area (Å²) in [6, 6.07) is 7.66. The topological polar surface area (TPSA) is 58.4 Å². The van der Waals surface area contributed by atoms with Gasteiger partial charge in [-0.25, -0.2) is 4.98 Å². The van der Waals surface area contributed by atoms with Gasteiger partial charge in [-0.2, -0.15) is 0 Å². The van der Waals surface area contributed by atoms with Crippen LogP contribution in [0, 0.1) is 5.92 Å². The van der Waals surface area contributed by atoms with Gasteiger partial charge in [0.1, 0.15) is 0 Å². The number of carbonyl (C=O) groups excluding carboxylic acids is 1. The van der Waals surface area contributed by atoms with Crippen LogP contribution < -0.4 is 5.32 Å². The minimum absolute atomic E-state index is 0.128. The molecule has 3 aliphatic rings. The second-order valence-electron chi connectivity index (χ2n) is 6.26. The summed E-state index contributed by atoms with van der Waals surface area (Å²) in [5, 5.41) is 4.37. The SMILES string of the molecule is O=C(NC1CN2CCC1CC2)c1ncc(Sc2ccc(Cl)cc2)o1. The van der Waals surface area contributed by atoms with Gasteiger partial charge in [-0.3, -0.25) is 4.79 Å². The standard InChI is InChI=1S/C17H18ClN3O2S/c18-12-1-3-13(4-2-12)24-15-9-19-17(23-15)16(22)20-14-10-21-7-5-11(14)6-8-21/h1-4,9,11,14H,5-8,10H2,(H,20,22). The highest BCUT2D eigenvalue weighted by Gasteiger charge is 2.35. The van der Waals surface area contributed by atoms with Crippen LogP contribution in [0.1, 0.15) is 23.5 Å². The molecular weight excluding hydrogens is 346 g/mol. The van der Waals surface area contributed by atoms with E-state index in [1.807, 2.05) is 24.3 Å². The van der Waals surface area contributed by atoms with Gasteiger partial charge in [0, 0.05) is 22.5 Å². The molecule has 0 radical (unpaired) electrons. The predicted molar refractivity (Wildman–Crippen MR) is 92.5 cm³/mol. The molecule has 5 nitrogen and oxygen atoms in total. The van der Waals surface area contributed by atoms with E-state index in [2.05, 4.69) is 15.2 Å². The Labute approximate surface area is 149 Å². The maximum atomic E-state index is 12.4. The van der Waals surface area contributed by atoms with Crippen molar-refractivity contribution in [3.05, 3.63) is 41.4 Å². The minimum atomic E-state index is -0.225. The van der Waals surface area contributed by atoms with Crippen molar-refractivity contribution in [2.45, 2.75) is 28.9 Å². The van der Waals surface area contributed by atoms with Crippen LogP contribution in [0.3, 0.4) is 0 Å². The van der Waals surface area contributed by atoms with Crippen LogP contribution in [0.5, 0.6) is 0 Å². The highest BCUT2D eigenvalue weighted by atomic mass is 35.5. The molecule has 126 valence electrons. The number of rotatable bonds is 4. The van der Waals surface area contributed by atoms with Gasteiger partial charge >= 0.3 is 5.91 Å². The van der Waals surface area contributed by atoms with Crippen LogP contribution in [-0.2, 0) is 0 Å². The molecule has 0 saturated carbocycles. The first-order chi connectivity index (χ1) is 11.7. The first kappa shape index (κ1) is 16.0. The Hall–Kier alpha value is -1.50. The number of aromatic nitrogens is 1. The summed E-state index contributed by atoms with van der Waals surface area (Å²) in [5.41, 5.74) is 0. The Bertz CT molecular complexity index is 726. The zero-order valence-corrected chi connectivity index (χ0v) is 14.6. The normalized spacial score (nSPS) is 25.6. The lowest BCUT2D eigenvalue weighted by Gasteiger charge is -2.44. The highest BCUT2D eigenvalue weighted by Crippen LogP contribution is 2.30. The Morgan fingerprint density at radius 3 is 2.71 bits per heavy atom. The molecular formula is C17H18ClN3O2S. The summed E-state index contributed by atoms with van der Waals surface area (Å²) >= 11 is 7.29. The Balaban J connectivity index is 1.39. The molecule has 1 unspecified atom stereocenters. The van der Waals surface area contributed by atoms with Crippen LogP contribution in [0.4, 0.5) is 0 Å². The van der Waals surface area contributed by atoms with E-state index in [9.17, 15) is 4.79 Å². The van der Waals surface area contributed by atoms with Gasteiger partial charge in [0.25, 0.3) is 5.89 Å². The molecule has 1 N–H and O–H groups in total. The van der Waals surface area contributed by atoms with E-state index in [1.165, 1.54) is 11.8 Å². The number of amides is 1. The molecule has 2 bridgehead atoms. The number of oxazole rings is 1. The molecule has 1 aromatic carbocycles. The van der Waals surface area contributed by atoms with Crippen molar-refractivity contribution in [1.82, 2.24) is 15.2 Å². The zero-order chi connectivity index (χ0) is 16.5. The number of hydrogen-bond acceptors (Lipinski definition) is 5. The average molecular weight is 364 g/mol. The van der Waals surface area contributed by atoms with E-state index >= 15 is 0 Å². The number of carbonyl (C=O) groups is 1. The lowest BCUT2D eigenvalue weighted by Crippen LogP contribution is -2.57. The van der Waals surface area contributed by atoms with Crippen LogP contribution >= 0.6 is 23.4 Å². The lowest BCUT2D eigenvalue weighted by molar-refractivity contribution is 0.0599. The van der Waals surface area contributed by atoms with E-state index in [1.54, 1.807) is 6.20 Å². The van der Waals surface area contributed by atoms with Crippen molar-refractivity contribution in [3.8, 4) is 0 Å². The molecule has 1 atom stereocenters. The third-order valence-corrected chi connectivity index (χ3v) is 5.83. The average Bonchev–Trinajstić information content (AvgIpc) is 3.07. The molecule has 7 heteroatoms. The van der Waals surface area contributed by atoms with Gasteiger partial charge < -0.3 is 14.6 Å². The van der Waals surface area contributed by atoms with Crippen molar-refractivity contribution >= 4 is 29.3 Å². The van der Waals surface area contributed by atoms with Gasteiger partial charge in [0.15, 0.2) is 5.09 Å². The fourth-order valence-electron chi connectivity index (χ4n) is 3.39. The summed E-state index contributed by atoms with van der Waals surface area (Å²) in [6.07, 6.45) is 3.91. The van der Waals surface area contributed by atoms with E-state index in [0.717, 1.165) is 37.4 Å². The second kappa shape index (κ2) is 6.78. The first-order valence-corrected chi connectivity index (χ1v) is 9.29. The Morgan fingerprint density at radius 1 is 1.29 bits per heavy atom. The van der Waals surface area contributed by atoms with Gasteiger partial charge in [-0.05, 0) is 56.1 Å². The summed E-state index contributed by atoms with van der Waals surface area (Å²) in [6.45, 7) is 3.24. The predicted octanol–water partition coefficient (Wildman–Crippen LogP) is 3.30. The van der Waals surface area contributed by atoms with Crippen LogP contribution in [-0.4, -0.2) is 41.5 Å². The van der Waals surface area contributed by atoms with Gasteiger partial charge in [0.05, 0.1) is 6.20 Å². The summed E-state index contributed by atoms with van der Waals surface area (Å²) < 4.78 is 5.59. The lowest BCUT2D eigenvalue weighted by atomic mass is 9.84. The largest absolute Gasteiger partial charge is 0.425 e. The maximum absolute atomic E-state index is 12.4. The molecule has 0 aliphatic carbocycles. The number of nitrogens with zero attached hydrogens (tertiary/aromatic N) is 2. The maximum Gasteiger partial charge on any atom is 0.307 e. The summed E-state index contributed by atoms with van der Waals surface area (Å²) in [4.78, 5) is 19.9. The molecule has 3 aliphatic heterocycles. The fraction of sp³-hybridized carbons (Fsp3) is 0.412. The number of halogens is 1. The minimum Gasteiger partial charge on any atom is -0.425 e. The van der Waals surface area contributed by atoms with Crippen LogP contribution in [0.2, 0.25) is 5.02 Å². The molecule has 1 aromatic heterocycles. The van der Waals surface area contributed by atoms with Crippen LogP contribution in [0.15, 0.2) is 44.9 Å². The number of piperidine rings is 3. The summed E-state index contributed by atoms with van der Waals surface area (Å²) in [5.74, 6) is 0.483. The molecule has 3 saturated heterocycles. The molecule has 2 aromatic rings. The number of benzene rings is 1. The summed E-state index contributed by atoms with van der Waals surface area (Å²) in [7, 11) is 0. The van der Waals surface area contributed by atoms with Crippen molar-refractivity contribution in [2.24, 2.45) is 5.92 Å². The molecule has 0 spiro atoms. The number of nitrogens with one attached hydrogen (secondary N) is 1. The quantitative estimate of drug-likeness (QED) is 0.903. The first-order valence-electron chi connectivity index (χ1n) is 8.10. The van der Waals surface area contributed by atoms with Crippen molar-refractivity contribution in [3.63, 3.8) is 0 Å². The fourth-order valence-corrected chi connectivity index (χ4v) is 4.25. The van der Waals surface area contributed by atoms with Crippen molar-refractivity contribution < 1.29 is 9.21 Å². The van der Waals surface area contributed by atoms with Crippen molar-refractivity contribution in [1.29, 1.82) is 0 Å². The molecule has 5 rings (SSSR count). The zero-order valence-electron chi connectivity index (χ0n) is 13.1. The molecule has 1 amide bonds. The van der Waals surface area contributed by atoms with E-state index in [-0.39, 0.29) is 17.8 Å². The molecule has 24 heavy (non-hydrogen) atoms. The smallest absolute Gasteiger partial charge is 0.307 e. The molecule has 3 fully saturated rings. The van der Waals surface area contributed by atoms with Crippen LogP contribution in [0.25, 0.3) is 0 Å². The number of fused-ring (bicyclic) bond motifs is 3. The van der Waals surface area contributed by atoms with E-state index in [4.69, 9.17) is 16.0 Å². The van der Waals surface area contributed by atoms with E-state index < -0.39 is 0 Å². The monoisotopic (exact) mass is 363 g/mol. The molecule has 4 heterocycles. The number of hydrogen-bond donors (Lipinski definition) is 1. The Kier molecular flexibility index (Phi) is 4.52. The highest BCUT2D eigenvalue weighted by molar-refractivity contribution is 7.99. The second-order valence-corrected chi connectivity index (χ2v) is 7.77. The van der Waals surface area contributed by atoms with Gasteiger partial charge in [0.2, 0.25) is 0 Å². The van der Waals surface area contributed by atoms with Crippen molar-refractivity contribution in [2.75, 3.05) is 19.6 Å². The third kappa shape index (κ3) is 3.45. The van der Waals surface area contributed by atoms with E-state index in [0.29, 0.717) is 16.0 Å².